The summed E-state index contributed by atoms with van der Waals surface area (Å²) >= 11 is 3.33. The van der Waals surface area contributed by atoms with Crippen molar-refractivity contribution in [1.82, 2.24) is 15.2 Å². The molecule has 2 aromatic heterocycles. The number of piperazine rings is 1. The Bertz CT molecular complexity index is 806. The highest BCUT2D eigenvalue weighted by Crippen LogP contribution is 2.44. The van der Waals surface area contributed by atoms with Crippen LogP contribution in [-0.4, -0.2) is 61.7 Å². The van der Waals surface area contributed by atoms with E-state index in [0.29, 0.717) is 0 Å². The summed E-state index contributed by atoms with van der Waals surface area (Å²) in [5.74, 6) is 0.178. The van der Waals surface area contributed by atoms with Crippen LogP contribution in [0.25, 0.3) is 0 Å². The molecule has 144 valence electrons. The average molecular weight is 405 g/mol. The van der Waals surface area contributed by atoms with Gasteiger partial charge in [0.15, 0.2) is 5.13 Å². The van der Waals surface area contributed by atoms with Crippen molar-refractivity contribution >= 4 is 33.7 Å². The minimum Gasteiger partial charge on any atom is -0.369 e. The summed E-state index contributed by atoms with van der Waals surface area (Å²) in [6, 6.07) is 2.14. The van der Waals surface area contributed by atoms with Gasteiger partial charge in [-0.15, -0.1) is 22.7 Å². The van der Waals surface area contributed by atoms with Crippen molar-refractivity contribution in [3.05, 3.63) is 33.0 Å². The number of fused-ring (bicyclic) bond motifs is 2. The van der Waals surface area contributed by atoms with Gasteiger partial charge in [0.1, 0.15) is 5.60 Å². The predicted molar refractivity (Wildman–Crippen MR) is 108 cm³/mol. The van der Waals surface area contributed by atoms with Crippen LogP contribution < -0.4 is 10.2 Å². The average Bonchev–Trinajstić information content (AvgIpc) is 3.39. The first kappa shape index (κ1) is 17.6. The zero-order chi connectivity index (χ0) is 18.3. The first-order chi connectivity index (χ1) is 13.3. The molecule has 2 aromatic rings. The standard InChI is InChI=1S/C19H24N4O2S2/c24-17(22-7-9-23(10-8-22)18-21-6-12-26-18)15-13-14-1-11-25-19(16(14)27-15)2-4-20-5-3-19/h6,12-13,20H,1-5,7-11H2. The molecule has 3 aliphatic rings. The van der Waals surface area contributed by atoms with E-state index in [1.165, 1.54) is 10.4 Å². The molecular weight excluding hydrogens is 380 g/mol. The summed E-state index contributed by atoms with van der Waals surface area (Å²) in [6.07, 6.45) is 4.76. The third-order valence-corrected chi connectivity index (χ3v) is 8.03. The molecule has 6 nitrogen and oxygen atoms in total. The number of nitrogens with one attached hydrogen (secondary N) is 1. The molecule has 0 saturated carbocycles. The van der Waals surface area contributed by atoms with Crippen LogP contribution >= 0.6 is 22.7 Å². The van der Waals surface area contributed by atoms with Gasteiger partial charge in [-0.2, -0.15) is 0 Å². The molecule has 2 fully saturated rings. The number of carbonyl (C=O) groups is 1. The molecule has 1 amide bonds. The number of hydrogen-bond donors (Lipinski definition) is 1. The van der Waals surface area contributed by atoms with E-state index in [9.17, 15) is 4.79 Å². The van der Waals surface area contributed by atoms with E-state index in [4.69, 9.17) is 4.74 Å². The molecule has 0 radical (unpaired) electrons. The number of thiazole rings is 1. The number of rotatable bonds is 2. The number of thiophene rings is 1. The van der Waals surface area contributed by atoms with Crippen molar-refractivity contribution < 1.29 is 9.53 Å². The van der Waals surface area contributed by atoms with Crippen LogP contribution in [0.4, 0.5) is 5.13 Å². The Morgan fingerprint density at radius 1 is 1.22 bits per heavy atom. The Morgan fingerprint density at radius 2 is 2.04 bits per heavy atom. The minimum absolute atomic E-state index is 0.161. The molecule has 2 saturated heterocycles. The van der Waals surface area contributed by atoms with Gasteiger partial charge in [0, 0.05) is 42.6 Å². The topological polar surface area (TPSA) is 57.7 Å². The van der Waals surface area contributed by atoms with Crippen molar-refractivity contribution in [3.8, 4) is 0 Å². The van der Waals surface area contributed by atoms with Crippen LogP contribution in [0.2, 0.25) is 0 Å². The van der Waals surface area contributed by atoms with E-state index in [1.807, 2.05) is 16.5 Å². The highest BCUT2D eigenvalue weighted by atomic mass is 32.1. The third kappa shape index (κ3) is 3.18. The monoisotopic (exact) mass is 404 g/mol. The van der Waals surface area contributed by atoms with Crippen molar-refractivity contribution in [2.75, 3.05) is 50.8 Å². The van der Waals surface area contributed by atoms with E-state index < -0.39 is 0 Å². The maximum Gasteiger partial charge on any atom is 0.264 e. The molecule has 27 heavy (non-hydrogen) atoms. The van der Waals surface area contributed by atoms with Crippen LogP contribution in [-0.2, 0) is 16.8 Å². The Kier molecular flexibility index (Phi) is 4.67. The first-order valence-corrected chi connectivity index (χ1v) is 11.4. The van der Waals surface area contributed by atoms with Crippen molar-refractivity contribution in [1.29, 1.82) is 0 Å². The predicted octanol–water partition coefficient (Wildman–Crippen LogP) is 2.32. The summed E-state index contributed by atoms with van der Waals surface area (Å²) < 4.78 is 6.26. The lowest BCUT2D eigenvalue weighted by molar-refractivity contribution is -0.0771. The fourth-order valence-electron chi connectivity index (χ4n) is 4.36. The molecule has 0 aliphatic carbocycles. The third-order valence-electron chi connectivity index (χ3n) is 5.85. The molecule has 8 heteroatoms. The molecule has 3 aliphatic heterocycles. The van der Waals surface area contributed by atoms with Crippen LogP contribution in [0, 0.1) is 0 Å². The van der Waals surface area contributed by atoms with Gasteiger partial charge in [-0.25, -0.2) is 4.98 Å². The van der Waals surface area contributed by atoms with E-state index in [-0.39, 0.29) is 11.5 Å². The lowest BCUT2D eigenvalue weighted by atomic mass is 9.86. The molecule has 1 N–H and O–H groups in total. The lowest BCUT2D eigenvalue weighted by Crippen LogP contribution is -2.48. The number of hydrogen-bond acceptors (Lipinski definition) is 7. The molecule has 0 unspecified atom stereocenters. The van der Waals surface area contributed by atoms with Gasteiger partial charge >= 0.3 is 0 Å². The number of aromatic nitrogens is 1. The maximum atomic E-state index is 13.1. The summed E-state index contributed by atoms with van der Waals surface area (Å²) in [5, 5.41) is 6.48. The van der Waals surface area contributed by atoms with E-state index in [2.05, 4.69) is 21.3 Å². The fourth-order valence-corrected chi connectivity index (χ4v) is 6.43. The lowest BCUT2D eigenvalue weighted by Gasteiger charge is -2.40. The van der Waals surface area contributed by atoms with Gasteiger partial charge in [-0.3, -0.25) is 4.79 Å². The Balaban J connectivity index is 1.32. The van der Waals surface area contributed by atoms with Crippen molar-refractivity contribution in [3.63, 3.8) is 0 Å². The maximum absolute atomic E-state index is 13.1. The number of carbonyl (C=O) groups excluding carboxylic acids is 1. The highest BCUT2D eigenvalue weighted by Gasteiger charge is 2.41. The van der Waals surface area contributed by atoms with Crippen molar-refractivity contribution in [2.45, 2.75) is 24.9 Å². The first-order valence-electron chi connectivity index (χ1n) is 9.67. The minimum atomic E-state index is -0.161. The number of piperidine rings is 1. The second-order valence-electron chi connectivity index (χ2n) is 7.40. The Morgan fingerprint density at radius 3 is 2.78 bits per heavy atom. The summed E-state index contributed by atoms with van der Waals surface area (Å²) in [5.41, 5.74) is 1.17. The van der Waals surface area contributed by atoms with Crippen LogP contribution in [0.5, 0.6) is 0 Å². The zero-order valence-corrected chi connectivity index (χ0v) is 16.9. The Labute approximate surface area is 167 Å². The molecule has 0 bridgehead atoms. The van der Waals surface area contributed by atoms with Crippen LogP contribution in [0.1, 0.15) is 33.0 Å². The molecule has 1 spiro atoms. The van der Waals surface area contributed by atoms with Gasteiger partial charge < -0.3 is 19.9 Å². The van der Waals surface area contributed by atoms with Gasteiger partial charge in [0.2, 0.25) is 0 Å². The largest absolute Gasteiger partial charge is 0.369 e. The van der Waals surface area contributed by atoms with Crippen molar-refractivity contribution in [2.24, 2.45) is 0 Å². The number of nitrogens with zero attached hydrogens (tertiary/aromatic N) is 3. The van der Waals surface area contributed by atoms with Crippen LogP contribution in [0.15, 0.2) is 17.6 Å². The number of amides is 1. The molecule has 0 atom stereocenters. The van der Waals surface area contributed by atoms with E-state index >= 15 is 0 Å². The van der Waals surface area contributed by atoms with E-state index in [1.54, 1.807) is 22.7 Å². The van der Waals surface area contributed by atoms with Gasteiger partial charge in [-0.1, -0.05) is 0 Å². The number of anilines is 1. The van der Waals surface area contributed by atoms with E-state index in [0.717, 1.165) is 75.1 Å². The molecule has 5 rings (SSSR count). The highest BCUT2D eigenvalue weighted by molar-refractivity contribution is 7.14. The quantitative estimate of drug-likeness (QED) is 0.833. The fraction of sp³-hybridized carbons (Fsp3) is 0.579. The molecule has 0 aromatic carbocycles. The second kappa shape index (κ2) is 7.16. The zero-order valence-electron chi connectivity index (χ0n) is 15.3. The molecule has 5 heterocycles. The summed E-state index contributed by atoms with van der Waals surface area (Å²) in [6.45, 7) is 5.95. The normalized spacial score (nSPS) is 22.1. The summed E-state index contributed by atoms with van der Waals surface area (Å²) in [4.78, 5) is 24.0. The van der Waals surface area contributed by atoms with Gasteiger partial charge in [-0.05, 0) is 44.0 Å². The summed E-state index contributed by atoms with van der Waals surface area (Å²) in [7, 11) is 0. The Hall–Kier alpha value is -1.48. The SMILES string of the molecule is O=C(c1cc2c(s1)C1(CCNCC1)OCC2)N1CCN(c2nccs2)CC1. The van der Waals surface area contributed by atoms with Gasteiger partial charge in [0.25, 0.3) is 5.91 Å². The van der Waals surface area contributed by atoms with Gasteiger partial charge in [0.05, 0.1) is 11.5 Å². The van der Waals surface area contributed by atoms with Crippen LogP contribution in [0.3, 0.4) is 0 Å². The molecular formula is C19H24N4O2S2. The second-order valence-corrected chi connectivity index (χ2v) is 9.33. The number of ether oxygens (including phenoxy) is 1. The smallest absolute Gasteiger partial charge is 0.264 e.